The summed E-state index contributed by atoms with van der Waals surface area (Å²) in [6.45, 7) is 1.70. The normalized spacial score (nSPS) is 11.7. The lowest BCUT2D eigenvalue weighted by atomic mass is 10.1. The molecule has 0 aromatic heterocycles. The Kier molecular flexibility index (Phi) is 4.25. The van der Waals surface area contributed by atoms with Crippen molar-refractivity contribution in [2.75, 3.05) is 0 Å². The van der Waals surface area contributed by atoms with Crippen LogP contribution < -0.4 is 0 Å². The lowest BCUT2D eigenvalue weighted by molar-refractivity contribution is -0.234. The Morgan fingerprint density at radius 1 is 1.90 bits per heavy atom. The second-order valence-electron chi connectivity index (χ2n) is 2.03. The van der Waals surface area contributed by atoms with Crippen LogP contribution in [0.2, 0.25) is 0 Å². The highest BCUT2D eigenvalue weighted by atomic mass is 17.1. The molecule has 1 atom stereocenters. The minimum absolute atomic E-state index is 0.0885. The van der Waals surface area contributed by atoms with Gasteiger partial charge in [0.05, 0.1) is 12.5 Å². The van der Waals surface area contributed by atoms with Crippen LogP contribution in [0.15, 0.2) is 0 Å². The molecule has 0 saturated carbocycles. The van der Waals surface area contributed by atoms with Gasteiger partial charge in [-0.2, -0.15) is 10.5 Å². The minimum atomic E-state index is -0.692. The van der Waals surface area contributed by atoms with E-state index in [0.717, 1.165) is 0 Å². The van der Waals surface area contributed by atoms with E-state index >= 15 is 0 Å². The fraction of sp³-hybridized carbons (Fsp3) is 0.667. The third kappa shape index (κ3) is 3.87. The summed E-state index contributed by atoms with van der Waals surface area (Å²) in [5, 5.41) is 16.0. The van der Waals surface area contributed by atoms with Crippen LogP contribution in [0.4, 0.5) is 0 Å². The summed E-state index contributed by atoms with van der Waals surface area (Å²) in [6.07, 6.45) is 0.515. The summed E-state index contributed by atoms with van der Waals surface area (Å²) in [5.74, 6) is -0.860. The van der Waals surface area contributed by atoms with Crippen LogP contribution in [-0.4, -0.2) is 11.2 Å². The molecule has 0 radical (unpaired) electrons. The summed E-state index contributed by atoms with van der Waals surface area (Å²) in [5.41, 5.74) is 0. The largest absolute Gasteiger partial charge is 0.342 e. The molecule has 0 aliphatic carbocycles. The van der Waals surface area contributed by atoms with Crippen molar-refractivity contribution in [1.29, 1.82) is 5.26 Å². The molecular weight excluding hydrogens is 134 g/mol. The van der Waals surface area contributed by atoms with Gasteiger partial charge in [-0.25, -0.2) is 4.79 Å². The van der Waals surface area contributed by atoms with Gasteiger partial charge >= 0.3 is 5.97 Å². The van der Waals surface area contributed by atoms with Crippen LogP contribution in [0.3, 0.4) is 0 Å². The van der Waals surface area contributed by atoms with Crippen LogP contribution in [-0.2, 0) is 9.68 Å². The molecule has 0 fully saturated rings. The fourth-order valence-corrected chi connectivity index (χ4v) is 0.445. The molecule has 4 nitrogen and oxygen atoms in total. The van der Waals surface area contributed by atoms with Crippen molar-refractivity contribution in [3.05, 3.63) is 0 Å². The lowest BCUT2D eigenvalue weighted by Crippen LogP contribution is -2.02. The molecule has 0 amide bonds. The monoisotopic (exact) mass is 143 g/mol. The Balaban J connectivity index is 3.37. The summed E-state index contributed by atoms with van der Waals surface area (Å²) in [4.78, 5) is 13.6. The number of nitriles is 1. The van der Waals surface area contributed by atoms with E-state index in [-0.39, 0.29) is 12.3 Å². The minimum Gasteiger partial charge on any atom is -0.301 e. The van der Waals surface area contributed by atoms with Crippen molar-refractivity contribution in [2.24, 2.45) is 5.92 Å². The van der Waals surface area contributed by atoms with Gasteiger partial charge < -0.3 is 4.89 Å². The molecule has 10 heavy (non-hydrogen) atoms. The first kappa shape index (κ1) is 8.92. The van der Waals surface area contributed by atoms with E-state index < -0.39 is 5.97 Å². The maximum absolute atomic E-state index is 10.3. The van der Waals surface area contributed by atoms with Gasteiger partial charge in [0.25, 0.3) is 0 Å². The second-order valence-corrected chi connectivity index (χ2v) is 2.03. The Morgan fingerprint density at radius 3 is 2.90 bits per heavy atom. The van der Waals surface area contributed by atoms with E-state index in [2.05, 4.69) is 4.89 Å². The molecule has 0 aromatic rings. The number of hydrogen-bond acceptors (Lipinski definition) is 4. The zero-order valence-corrected chi connectivity index (χ0v) is 5.70. The first-order valence-electron chi connectivity index (χ1n) is 2.94. The molecule has 0 spiro atoms. The van der Waals surface area contributed by atoms with Gasteiger partial charge in [-0.3, -0.25) is 0 Å². The standard InChI is InChI=1S/C6H9NO3/c1-5(4-7)2-3-6(8)10-9/h5,9H,2-3H2,1H3. The van der Waals surface area contributed by atoms with Crippen LogP contribution in [0.25, 0.3) is 0 Å². The highest BCUT2D eigenvalue weighted by Crippen LogP contribution is 2.03. The van der Waals surface area contributed by atoms with E-state index in [0.29, 0.717) is 6.42 Å². The van der Waals surface area contributed by atoms with Crippen molar-refractivity contribution in [3.63, 3.8) is 0 Å². The first-order valence-corrected chi connectivity index (χ1v) is 2.94. The molecule has 0 saturated heterocycles. The average molecular weight is 143 g/mol. The van der Waals surface area contributed by atoms with Gasteiger partial charge in [-0.1, -0.05) is 0 Å². The maximum atomic E-state index is 10.3. The van der Waals surface area contributed by atoms with Gasteiger partial charge in [0.15, 0.2) is 0 Å². The topological polar surface area (TPSA) is 70.3 Å². The van der Waals surface area contributed by atoms with Crippen molar-refractivity contribution >= 4 is 5.97 Å². The van der Waals surface area contributed by atoms with Crippen molar-refractivity contribution in [2.45, 2.75) is 19.8 Å². The molecule has 0 bridgehead atoms. The highest BCUT2D eigenvalue weighted by molar-refractivity contribution is 5.68. The van der Waals surface area contributed by atoms with Crippen LogP contribution >= 0.6 is 0 Å². The van der Waals surface area contributed by atoms with Gasteiger partial charge in [0.1, 0.15) is 0 Å². The molecule has 0 heterocycles. The van der Waals surface area contributed by atoms with Crippen molar-refractivity contribution < 1.29 is 14.9 Å². The molecule has 4 heteroatoms. The van der Waals surface area contributed by atoms with E-state index in [1.54, 1.807) is 6.92 Å². The molecule has 1 N–H and O–H groups in total. The molecule has 56 valence electrons. The molecule has 0 aliphatic heterocycles. The third-order valence-corrected chi connectivity index (χ3v) is 1.10. The Labute approximate surface area is 59.0 Å². The number of carbonyl (C=O) groups is 1. The first-order chi connectivity index (χ1) is 4.70. The van der Waals surface area contributed by atoms with E-state index in [9.17, 15) is 4.79 Å². The number of hydrogen-bond donors (Lipinski definition) is 1. The molecule has 1 unspecified atom stereocenters. The van der Waals surface area contributed by atoms with Crippen LogP contribution in [0.5, 0.6) is 0 Å². The predicted molar refractivity (Wildman–Crippen MR) is 32.7 cm³/mol. The molecule has 0 rings (SSSR count). The maximum Gasteiger partial charge on any atom is 0.342 e. The zero-order chi connectivity index (χ0) is 7.98. The van der Waals surface area contributed by atoms with Gasteiger partial charge in [0.2, 0.25) is 0 Å². The zero-order valence-electron chi connectivity index (χ0n) is 5.70. The smallest absolute Gasteiger partial charge is 0.301 e. The number of rotatable bonds is 3. The Bertz CT molecular complexity index is 150. The van der Waals surface area contributed by atoms with Crippen molar-refractivity contribution in [3.8, 4) is 6.07 Å². The van der Waals surface area contributed by atoms with E-state index in [1.807, 2.05) is 6.07 Å². The summed E-state index contributed by atoms with van der Waals surface area (Å²) in [7, 11) is 0. The van der Waals surface area contributed by atoms with Crippen molar-refractivity contribution in [1.82, 2.24) is 0 Å². The highest BCUT2D eigenvalue weighted by Gasteiger charge is 2.05. The number of carbonyl (C=O) groups excluding carboxylic acids is 1. The van der Waals surface area contributed by atoms with Crippen LogP contribution in [0, 0.1) is 17.2 Å². The van der Waals surface area contributed by atoms with Crippen LogP contribution in [0.1, 0.15) is 19.8 Å². The average Bonchev–Trinajstić information content (AvgIpc) is 1.99. The van der Waals surface area contributed by atoms with Gasteiger partial charge in [-0.05, 0) is 13.3 Å². The fourth-order valence-electron chi connectivity index (χ4n) is 0.445. The Morgan fingerprint density at radius 2 is 2.50 bits per heavy atom. The summed E-state index contributed by atoms with van der Waals surface area (Å²) < 4.78 is 0. The van der Waals surface area contributed by atoms with E-state index in [4.69, 9.17) is 10.5 Å². The molecular formula is C6H9NO3. The Hall–Kier alpha value is -1.08. The summed E-state index contributed by atoms with van der Waals surface area (Å²) in [6, 6.07) is 1.95. The second kappa shape index (κ2) is 4.77. The lowest BCUT2D eigenvalue weighted by Gasteiger charge is -1.97. The number of nitrogens with zero attached hydrogens (tertiary/aromatic N) is 1. The predicted octanol–water partition coefficient (Wildman–Crippen LogP) is 0.942. The van der Waals surface area contributed by atoms with E-state index in [1.165, 1.54) is 0 Å². The molecule has 0 aromatic carbocycles. The van der Waals surface area contributed by atoms with Gasteiger partial charge in [-0.15, -0.1) is 0 Å². The quantitative estimate of drug-likeness (QED) is 0.471. The summed E-state index contributed by atoms with van der Waals surface area (Å²) >= 11 is 0. The molecule has 0 aliphatic rings. The SMILES string of the molecule is CC(C#N)CCC(=O)OO. The van der Waals surface area contributed by atoms with Gasteiger partial charge in [0, 0.05) is 5.92 Å². The third-order valence-electron chi connectivity index (χ3n) is 1.10.